The Balaban J connectivity index is 1.23. The summed E-state index contributed by atoms with van der Waals surface area (Å²) in [7, 11) is -3.08. The summed E-state index contributed by atoms with van der Waals surface area (Å²) < 4.78 is 54.7. The van der Waals surface area contributed by atoms with Crippen LogP contribution in [0.25, 0.3) is 0 Å². The Hall–Kier alpha value is -1.77. The summed E-state index contributed by atoms with van der Waals surface area (Å²) in [6.07, 6.45) is 7.22. The number of fused-ring (bicyclic) bond motifs is 5. The van der Waals surface area contributed by atoms with Crippen molar-refractivity contribution < 1.29 is 22.0 Å². The number of pyridine rings is 1. The first-order chi connectivity index (χ1) is 16.1. The van der Waals surface area contributed by atoms with E-state index in [0.29, 0.717) is 37.3 Å². The second-order valence-electron chi connectivity index (χ2n) is 12.2. The number of halogens is 2. The summed E-state index contributed by atoms with van der Waals surface area (Å²) in [4.78, 5) is 19.6. The van der Waals surface area contributed by atoms with E-state index in [-0.39, 0.29) is 48.8 Å². The first kappa shape index (κ1) is 21.5. The molecule has 4 unspecified atom stereocenters. The molecule has 9 heteroatoms. The molecular weight excluding hydrogens is 460 g/mol. The lowest BCUT2D eigenvalue weighted by Gasteiger charge is -2.61. The van der Waals surface area contributed by atoms with E-state index in [0.717, 1.165) is 42.5 Å². The Morgan fingerprint density at radius 1 is 1.00 bits per heavy atom. The second kappa shape index (κ2) is 6.71. The maximum absolute atomic E-state index is 15.5. The molecule has 6 bridgehead atoms. The van der Waals surface area contributed by atoms with E-state index in [2.05, 4.69) is 10.3 Å². The van der Waals surface area contributed by atoms with E-state index in [1.165, 1.54) is 0 Å². The van der Waals surface area contributed by atoms with Crippen molar-refractivity contribution in [2.45, 2.75) is 86.5 Å². The highest BCUT2D eigenvalue weighted by atomic mass is 32.2. The first-order valence-corrected chi connectivity index (χ1v) is 14.6. The molecule has 6 nitrogen and oxygen atoms in total. The third kappa shape index (κ3) is 3.17. The number of sulfone groups is 1. The van der Waals surface area contributed by atoms with Crippen LogP contribution in [0.5, 0.6) is 0 Å². The number of rotatable bonds is 3. The van der Waals surface area contributed by atoms with E-state index in [9.17, 15) is 13.2 Å². The number of carbonyl (C=O) groups excluding carboxylic acids is 1. The molecule has 1 N–H and O–H groups in total. The second-order valence-corrected chi connectivity index (χ2v) is 14.5. The topological polar surface area (TPSA) is 79.4 Å². The van der Waals surface area contributed by atoms with Gasteiger partial charge < -0.3 is 10.2 Å². The molecule has 1 aliphatic heterocycles. The van der Waals surface area contributed by atoms with Crippen LogP contribution in [0.4, 0.5) is 14.5 Å². The molecule has 1 amide bonds. The highest BCUT2D eigenvalue weighted by Gasteiger charge is 2.65. The quantitative estimate of drug-likeness (QED) is 0.694. The van der Waals surface area contributed by atoms with Crippen LogP contribution < -0.4 is 5.32 Å². The minimum Gasteiger partial charge on any atom is -0.378 e. The van der Waals surface area contributed by atoms with Crippen molar-refractivity contribution in [2.24, 2.45) is 5.92 Å². The lowest BCUT2D eigenvalue weighted by molar-refractivity contribution is -0.137. The monoisotopic (exact) mass is 491 g/mol. The van der Waals surface area contributed by atoms with Crippen LogP contribution in [0, 0.1) is 5.92 Å². The largest absolute Gasteiger partial charge is 0.378 e. The average molecular weight is 492 g/mol. The summed E-state index contributed by atoms with van der Waals surface area (Å²) in [6, 6.07) is 0. The van der Waals surface area contributed by atoms with Crippen molar-refractivity contribution in [2.75, 3.05) is 29.9 Å². The number of hydrogen-bond acceptors (Lipinski definition) is 5. The molecule has 1 aromatic heterocycles. The number of amides is 1. The molecule has 2 heterocycles. The molecule has 0 spiro atoms. The van der Waals surface area contributed by atoms with Gasteiger partial charge in [-0.15, -0.1) is 0 Å². The lowest BCUT2D eigenvalue weighted by atomic mass is 9.50. The average Bonchev–Trinajstić information content (AvgIpc) is 3.33. The van der Waals surface area contributed by atoms with Gasteiger partial charge >= 0.3 is 0 Å². The maximum Gasteiger partial charge on any atom is 0.272 e. The zero-order valence-electron chi connectivity index (χ0n) is 19.3. The molecule has 4 atom stereocenters. The summed E-state index contributed by atoms with van der Waals surface area (Å²) in [5.74, 6) is 0.487. The third-order valence-electron chi connectivity index (χ3n) is 9.57. The van der Waals surface area contributed by atoms with Crippen molar-refractivity contribution in [1.82, 2.24) is 9.88 Å². The number of nitrogens with zero attached hydrogens (tertiary/aromatic N) is 2. The highest BCUT2D eigenvalue weighted by molar-refractivity contribution is 7.91. The summed E-state index contributed by atoms with van der Waals surface area (Å²) in [6.45, 7) is 0.404. The number of nitrogens with one attached hydrogen (secondary N) is 1. The highest BCUT2D eigenvalue weighted by Crippen LogP contribution is 2.64. The smallest absolute Gasteiger partial charge is 0.272 e. The summed E-state index contributed by atoms with van der Waals surface area (Å²) >= 11 is 0. The van der Waals surface area contributed by atoms with Gasteiger partial charge in [0, 0.05) is 37.9 Å². The van der Waals surface area contributed by atoms with Gasteiger partial charge in [-0.05, 0) is 67.4 Å². The van der Waals surface area contributed by atoms with Gasteiger partial charge in [-0.3, -0.25) is 4.79 Å². The standard InChI is InChI=1S/C25H31F2N3O3S/c26-23-8-15-9-24(27,12-23)14-25(10-15,13-23)29-18-11-28-21(20-17-2-1-16(7-17)19(18)20)22(31)30-3-5-34(32,33)6-4-30/h11,15-17,29H,1-10,12-14H2. The zero-order chi connectivity index (χ0) is 23.5. The Morgan fingerprint density at radius 3 is 2.29 bits per heavy atom. The van der Waals surface area contributed by atoms with Crippen LogP contribution in [-0.2, 0) is 9.84 Å². The predicted molar refractivity (Wildman–Crippen MR) is 123 cm³/mol. The van der Waals surface area contributed by atoms with Crippen molar-refractivity contribution in [1.29, 1.82) is 0 Å². The lowest BCUT2D eigenvalue weighted by Crippen LogP contribution is -2.65. The number of anilines is 1. The van der Waals surface area contributed by atoms with Crippen LogP contribution in [0.2, 0.25) is 0 Å². The Morgan fingerprint density at radius 2 is 1.65 bits per heavy atom. The van der Waals surface area contributed by atoms with Crippen molar-refractivity contribution in [3.8, 4) is 0 Å². The molecule has 1 saturated heterocycles. The van der Waals surface area contributed by atoms with Crippen molar-refractivity contribution in [3.05, 3.63) is 23.0 Å². The van der Waals surface area contributed by atoms with Crippen molar-refractivity contribution >= 4 is 21.4 Å². The van der Waals surface area contributed by atoms with E-state index in [1.807, 2.05) is 0 Å². The van der Waals surface area contributed by atoms with Crippen LogP contribution >= 0.6 is 0 Å². The van der Waals surface area contributed by atoms with Gasteiger partial charge in [-0.1, -0.05) is 0 Å². The molecule has 7 aliphatic rings. The molecule has 6 aliphatic carbocycles. The van der Waals surface area contributed by atoms with Crippen LogP contribution in [0.15, 0.2) is 6.20 Å². The third-order valence-corrected chi connectivity index (χ3v) is 11.2. The zero-order valence-corrected chi connectivity index (χ0v) is 20.1. The van der Waals surface area contributed by atoms with Crippen LogP contribution in [0.3, 0.4) is 0 Å². The molecule has 0 aromatic carbocycles. The Kier molecular flexibility index (Phi) is 4.24. The maximum atomic E-state index is 15.5. The first-order valence-electron chi connectivity index (χ1n) is 12.7. The molecule has 8 rings (SSSR count). The normalized spacial score (nSPS) is 43.2. The van der Waals surface area contributed by atoms with Crippen LogP contribution in [0.1, 0.15) is 91.2 Å². The molecule has 0 radical (unpaired) electrons. The minimum atomic E-state index is -3.08. The fraction of sp³-hybridized carbons (Fsp3) is 0.760. The number of alkyl halides is 2. The predicted octanol–water partition coefficient (Wildman–Crippen LogP) is 3.88. The Labute approximate surface area is 198 Å². The van der Waals surface area contributed by atoms with Crippen LogP contribution in [-0.4, -0.2) is 65.7 Å². The van der Waals surface area contributed by atoms with Gasteiger partial charge in [0.2, 0.25) is 0 Å². The van der Waals surface area contributed by atoms with E-state index in [1.54, 1.807) is 11.1 Å². The minimum absolute atomic E-state index is 0.00767. The van der Waals surface area contributed by atoms with Gasteiger partial charge in [-0.25, -0.2) is 22.2 Å². The SMILES string of the molecule is O=C(c1ncc(NC23CC4CC(F)(CC(F)(C4)C2)C3)c2c1C1CCC2C1)N1CCS(=O)(=O)CC1. The fourth-order valence-electron chi connectivity index (χ4n) is 8.87. The number of aromatic nitrogens is 1. The summed E-state index contributed by atoms with van der Waals surface area (Å²) in [5, 5.41) is 3.63. The van der Waals surface area contributed by atoms with Gasteiger partial charge in [0.15, 0.2) is 9.84 Å². The number of carbonyl (C=O) groups is 1. The van der Waals surface area contributed by atoms with Gasteiger partial charge in [-0.2, -0.15) is 0 Å². The molecule has 34 heavy (non-hydrogen) atoms. The number of hydrogen-bond donors (Lipinski definition) is 1. The fourth-order valence-corrected chi connectivity index (χ4v) is 10.1. The van der Waals surface area contributed by atoms with Crippen molar-refractivity contribution in [3.63, 3.8) is 0 Å². The van der Waals surface area contributed by atoms with E-state index >= 15 is 8.78 Å². The van der Waals surface area contributed by atoms with E-state index in [4.69, 9.17) is 0 Å². The molecule has 6 fully saturated rings. The summed E-state index contributed by atoms with van der Waals surface area (Å²) in [5.41, 5.74) is -0.0316. The molecule has 1 aromatic rings. The van der Waals surface area contributed by atoms with Gasteiger partial charge in [0.05, 0.1) is 23.4 Å². The van der Waals surface area contributed by atoms with Gasteiger partial charge in [0.25, 0.3) is 5.91 Å². The Bertz CT molecular complexity index is 1170. The van der Waals surface area contributed by atoms with E-state index < -0.39 is 26.7 Å². The molecule has 184 valence electrons. The van der Waals surface area contributed by atoms with Gasteiger partial charge in [0.1, 0.15) is 17.0 Å². The molecule has 5 saturated carbocycles. The molecular formula is C25H31F2N3O3S.